The number of hydrogen-bond donors (Lipinski definition) is 2. The summed E-state index contributed by atoms with van der Waals surface area (Å²) in [5, 5.41) is 6.45. The van der Waals surface area contributed by atoms with Crippen molar-refractivity contribution in [3.05, 3.63) is 83.9 Å². The monoisotopic (exact) mass is 467 g/mol. The summed E-state index contributed by atoms with van der Waals surface area (Å²) in [6, 6.07) is 18.3. The van der Waals surface area contributed by atoms with Crippen LogP contribution in [0.3, 0.4) is 0 Å². The van der Waals surface area contributed by atoms with Gasteiger partial charge in [0, 0.05) is 18.2 Å². The van der Waals surface area contributed by atoms with Crippen molar-refractivity contribution >= 4 is 33.8 Å². The summed E-state index contributed by atoms with van der Waals surface area (Å²) in [5.41, 5.74) is 3.93. The first kappa shape index (κ1) is 23.5. The van der Waals surface area contributed by atoms with Crippen molar-refractivity contribution in [1.82, 2.24) is 5.43 Å². The molecule has 0 radical (unpaired) electrons. The number of amides is 2. The first-order chi connectivity index (χ1) is 15.8. The molecule has 0 spiro atoms. The van der Waals surface area contributed by atoms with Crippen LogP contribution in [0.5, 0.6) is 11.5 Å². The van der Waals surface area contributed by atoms with Gasteiger partial charge in [-0.05, 0) is 78.4 Å². The Kier molecular flexibility index (Phi) is 7.42. The summed E-state index contributed by atoms with van der Waals surface area (Å²) >= 11 is 0. The minimum absolute atomic E-state index is 0.0523. The Labute approximate surface area is 191 Å². The van der Waals surface area contributed by atoms with E-state index in [1.165, 1.54) is 56.6 Å². The molecule has 0 bridgehead atoms. The molecule has 170 valence electrons. The fraction of sp³-hybridized carbons (Fsp3) is 0.0870. The van der Waals surface area contributed by atoms with Crippen LogP contribution in [0.4, 0.5) is 5.69 Å². The maximum absolute atomic E-state index is 12.5. The van der Waals surface area contributed by atoms with Gasteiger partial charge >= 0.3 is 10.1 Å². The van der Waals surface area contributed by atoms with E-state index >= 15 is 0 Å². The van der Waals surface area contributed by atoms with Crippen LogP contribution in [0.15, 0.2) is 82.8 Å². The van der Waals surface area contributed by atoms with Gasteiger partial charge in [-0.2, -0.15) is 13.5 Å². The van der Waals surface area contributed by atoms with Gasteiger partial charge in [-0.1, -0.05) is 0 Å². The zero-order valence-corrected chi connectivity index (χ0v) is 18.6. The molecule has 0 aliphatic rings. The highest BCUT2D eigenvalue weighted by atomic mass is 32.2. The standard InChI is InChI=1S/C23H21N3O6S/c1-16(27)25-19-7-13-22(14-8-19)33(29,30)32-21-9-3-17(4-10-21)15-24-26-23(28)18-5-11-20(31-2)12-6-18/h3-15H,1-2H3,(H,25,27)(H,26,28)/b24-15-. The molecule has 33 heavy (non-hydrogen) atoms. The van der Waals surface area contributed by atoms with Crippen molar-refractivity contribution in [2.45, 2.75) is 11.8 Å². The molecule has 0 fully saturated rings. The number of benzene rings is 3. The van der Waals surface area contributed by atoms with Crippen molar-refractivity contribution in [2.75, 3.05) is 12.4 Å². The molecule has 9 nitrogen and oxygen atoms in total. The summed E-state index contributed by atoms with van der Waals surface area (Å²) in [5.74, 6) is 0.108. The summed E-state index contributed by atoms with van der Waals surface area (Å²) in [6.07, 6.45) is 1.42. The number of hydrogen-bond acceptors (Lipinski definition) is 7. The molecule has 0 saturated heterocycles. The second-order valence-corrected chi connectivity index (χ2v) is 8.29. The molecule has 0 heterocycles. The second-order valence-electron chi connectivity index (χ2n) is 6.74. The third-order valence-corrected chi connectivity index (χ3v) is 5.54. The number of hydrazone groups is 1. The summed E-state index contributed by atoms with van der Waals surface area (Å²) < 4.78 is 35.1. The number of methoxy groups -OCH3 is 1. The molecular formula is C23H21N3O6S. The summed E-state index contributed by atoms with van der Waals surface area (Å²) in [7, 11) is -2.51. The van der Waals surface area contributed by atoms with E-state index in [0.717, 1.165) is 0 Å². The molecule has 0 saturated carbocycles. The van der Waals surface area contributed by atoms with Gasteiger partial charge in [0.15, 0.2) is 0 Å². The fourth-order valence-electron chi connectivity index (χ4n) is 2.66. The maximum Gasteiger partial charge on any atom is 0.339 e. The third-order valence-electron chi connectivity index (χ3n) is 4.28. The number of ether oxygens (including phenoxy) is 1. The SMILES string of the molecule is COc1ccc(C(=O)N/N=C\c2ccc(OS(=O)(=O)c3ccc(NC(C)=O)cc3)cc2)cc1. The lowest BCUT2D eigenvalue weighted by atomic mass is 10.2. The molecule has 0 aliphatic heterocycles. The van der Waals surface area contributed by atoms with Crippen molar-refractivity contribution in [3.63, 3.8) is 0 Å². The molecule has 0 aliphatic carbocycles. The van der Waals surface area contributed by atoms with E-state index in [4.69, 9.17) is 8.92 Å². The summed E-state index contributed by atoms with van der Waals surface area (Å²) in [6.45, 7) is 1.36. The first-order valence-electron chi connectivity index (χ1n) is 9.66. The van der Waals surface area contributed by atoms with Crippen LogP contribution in [0.25, 0.3) is 0 Å². The number of nitrogens with zero attached hydrogens (tertiary/aromatic N) is 1. The van der Waals surface area contributed by atoms with Crippen molar-refractivity contribution in [2.24, 2.45) is 5.10 Å². The Morgan fingerprint density at radius 2 is 1.48 bits per heavy atom. The Hall–Kier alpha value is -4.18. The van der Waals surface area contributed by atoms with Gasteiger partial charge in [0.1, 0.15) is 16.4 Å². The number of anilines is 1. The van der Waals surface area contributed by atoms with E-state index < -0.39 is 10.1 Å². The molecule has 2 amide bonds. The maximum atomic E-state index is 12.5. The lowest BCUT2D eigenvalue weighted by molar-refractivity contribution is -0.114. The predicted octanol–water partition coefficient (Wildman–Crippen LogP) is 3.19. The average Bonchev–Trinajstić information content (AvgIpc) is 2.80. The number of carbonyl (C=O) groups excluding carboxylic acids is 2. The molecule has 3 aromatic carbocycles. The van der Waals surface area contributed by atoms with Crippen LogP contribution in [-0.2, 0) is 14.9 Å². The molecule has 10 heteroatoms. The zero-order chi connectivity index (χ0) is 23.8. The van der Waals surface area contributed by atoms with Crippen LogP contribution >= 0.6 is 0 Å². The number of carbonyl (C=O) groups is 2. The van der Waals surface area contributed by atoms with E-state index in [-0.39, 0.29) is 22.5 Å². The minimum Gasteiger partial charge on any atom is -0.497 e. The predicted molar refractivity (Wildman–Crippen MR) is 123 cm³/mol. The topological polar surface area (TPSA) is 123 Å². The second kappa shape index (κ2) is 10.4. The van der Waals surface area contributed by atoms with Gasteiger partial charge in [-0.15, -0.1) is 0 Å². The highest BCUT2D eigenvalue weighted by Crippen LogP contribution is 2.20. The molecule has 2 N–H and O–H groups in total. The van der Waals surface area contributed by atoms with Gasteiger partial charge in [0.25, 0.3) is 5.91 Å². The highest BCUT2D eigenvalue weighted by molar-refractivity contribution is 7.87. The summed E-state index contributed by atoms with van der Waals surface area (Å²) in [4.78, 5) is 23.1. The Morgan fingerprint density at radius 3 is 2.06 bits per heavy atom. The van der Waals surface area contributed by atoms with Crippen molar-refractivity contribution in [3.8, 4) is 11.5 Å². The minimum atomic E-state index is -4.05. The van der Waals surface area contributed by atoms with Gasteiger partial charge < -0.3 is 14.2 Å². The van der Waals surface area contributed by atoms with E-state index in [0.29, 0.717) is 22.6 Å². The van der Waals surface area contributed by atoms with E-state index in [1.807, 2.05) is 0 Å². The van der Waals surface area contributed by atoms with Crippen LogP contribution in [0.1, 0.15) is 22.8 Å². The fourth-order valence-corrected chi connectivity index (χ4v) is 3.59. The normalized spacial score (nSPS) is 11.1. The van der Waals surface area contributed by atoms with Crippen molar-refractivity contribution in [1.29, 1.82) is 0 Å². The van der Waals surface area contributed by atoms with E-state index in [1.54, 1.807) is 36.4 Å². The molecule has 0 aromatic heterocycles. The smallest absolute Gasteiger partial charge is 0.339 e. The van der Waals surface area contributed by atoms with Crippen molar-refractivity contribution < 1.29 is 26.9 Å². The quantitative estimate of drug-likeness (QED) is 0.298. The van der Waals surface area contributed by atoms with Gasteiger partial charge in [-0.25, -0.2) is 5.43 Å². The van der Waals surface area contributed by atoms with Crippen LogP contribution in [0.2, 0.25) is 0 Å². The van der Waals surface area contributed by atoms with Crippen LogP contribution in [-0.4, -0.2) is 33.6 Å². The number of rotatable bonds is 8. The Balaban J connectivity index is 1.58. The molecule has 0 atom stereocenters. The molecule has 3 aromatic rings. The van der Waals surface area contributed by atoms with E-state index in [9.17, 15) is 18.0 Å². The number of nitrogens with one attached hydrogen (secondary N) is 2. The molecule has 0 unspecified atom stereocenters. The third kappa shape index (κ3) is 6.65. The van der Waals surface area contributed by atoms with Gasteiger partial charge in [0.2, 0.25) is 5.91 Å². The lowest BCUT2D eigenvalue weighted by Crippen LogP contribution is -2.17. The zero-order valence-electron chi connectivity index (χ0n) is 17.8. The average molecular weight is 468 g/mol. The first-order valence-corrected chi connectivity index (χ1v) is 11.1. The Bertz CT molecular complexity index is 1250. The molecular weight excluding hydrogens is 446 g/mol. The lowest BCUT2D eigenvalue weighted by Gasteiger charge is -2.08. The largest absolute Gasteiger partial charge is 0.497 e. The highest BCUT2D eigenvalue weighted by Gasteiger charge is 2.16. The van der Waals surface area contributed by atoms with Gasteiger partial charge in [-0.3, -0.25) is 9.59 Å². The van der Waals surface area contributed by atoms with Crippen LogP contribution in [0, 0.1) is 0 Å². The molecule has 3 rings (SSSR count). The van der Waals surface area contributed by atoms with Gasteiger partial charge in [0.05, 0.1) is 13.3 Å². The van der Waals surface area contributed by atoms with E-state index in [2.05, 4.69) is 15.8 Å². The van der Waals surface area contributed by atoms with Crippen LogP contribution < -0.4 is 19.7 Å². The Morgan fingerprint density at radius 1 is 0.879 bits per heavy atom.